The quantitative estimate of drug-likeness (QED) is 0.613. The largest absolute Gasteiger partial charge is 0.460 e. The average molecular weight is 348 g/mol. The molecule has 1 atom stereocenters. The first kappa shape index (κ1) is 19.2. The van der Waals surface area contributed by atoms with Crippen LogP contribution in [-0.4, -0.2) is 42.8 Å². The van der Waals surface area contributed by atoms with Crippen LogP contribution in [0.25, 0.3) is 0 Å². The first-order valence-electron chi connectivity index (χ1n) is 3.87. The highest BCUT2D eigenvalue weighted by Gasteiger charge is 2.76. The molecule has 0 aromatic heterocycles. The van der Waals surface area contributed by atoms with Crippen molar-refractivity contribution >= 4 is 10.1 Å². The standard InChI is InChI=1S/C5H2F10O4S/c6-1(7)2(8,3(9,10)11)19-4(12,13)5(14,15)20(16,17)18/h1H,(H,16,17,18). The normalized spacial score (nSPS) is 18.2. The molecule has 0 spiro atoms. The van der Waals surface area contributed by atoms with E-state index in [1.165, 1.54) is 0 Å². The molecule has 0 saturated carbocycles. The molecule has 122 valence electrons. The van der Waals surface area contributed by atoms with Crippen molar-refractivity contribution in [2.75, 3.05) is 0 Å². The highest BCUT2D eigenvalue weighted by atomic mass is 32.2. The molecule has 0 aliphatic heterocycles. The maximum atomic E-state index is 12.6. The highest BCUT2D eigenvalue weighted by molar-refractivity contribution is 7.86. The van der Waals surface area contributed by atoms with Crippen LogP contribution in [0.3, 0.4) is 0 Å². The molecule has 0 saturated heterocycles. The van der Waals surface area contributed by atoms with Gasteiger partial charge in [0.05, 0.1) is 0 Å². The van der Waals surface area contributed by atoms with Crippen molar-refractivity contribution in [3.05, 3.63) is 0 Å². The third-order valence-electron chi connectivity index (χ3n) is 1.61. The van der Waals surface area contributed by atoms with Gasteiger partial charge >= 0.3 is 39.9 Å². The van der Waals surface area contributed by atoms with Crippen LogP contribution in [0.4, 0.5) is 43.9 Å². The molecule has 0 aliphatic rings. The third kappa shape index (κ3) is 3.08. The van der Waals surface area contributed by atoms with Gasteiger partial charge in [0.2, 0.25) is 0 Å². The predicted molar refractivity (Wildman–Crippen MR) is 38.4 cm³/mol. The zero-order valence-electron chi connectivity index (χ0n) is 8.44. The second-order valence-electron chi connectivity index (χ2n) is 3.05. The van der Waals surface area contributed by atoms with E-state index in [-0.39, 0.29) is 0 Å². The summed E-state index contributed by atoms with van der Waals surface area (Å²) in [6.07, 6.45) is -19.3. The van der Waals surface area contributed by atoms with E-state index in [9.17, 15) is 52.3 Å². The summed E-state index contributed by atoms with van der Waals surface area (Å²) < 4.78 is 150. The lowest BCUT2D eigenvalue weighted by molar-refractivity contribution is -0.458. The van der Waals surface area contributed by atoms with Crippen LogP contribution in [-0.2, 0) is 14.9 Å². The minimum Gasteiger partial charge on any atom is -0.281 e. The molecule has 0 radical (unpaired) electrons. The molecule has 0 amide bonds. The van der Waals surface area contributed by atoms with E-state index in [0.29, 0.717) is 0 Å². The minimum atomic E-state index is -7.09. The lowest BCUT2D eigenvalue weighted by atomic mass is 10.3. The van der Waals surface area contributed by atoms with Crippen molar-refractivity contribution in [2.45, 2.75) is 29.8 Å². The number of halogens is 10. The Balaban J connectivity index is 5.79. The van der Waals surface area contributed by atoms with Crippen LogP contribution in [0.5, 0.6) is 0 Å². The average Bonchev–Trinajstić information content (AvgIpc) is 2.12. The van der Waals surface area contributed by atoms with Crippen LogP contribution >= 0.6 is 0 Å². The number of alkyl halides is 10. The Hall–Kier alpha value is -0.830. The van der Waals surface area contributed by atoms with Gasteiger partial charge in [0.15, 0.2) is 0 Å². The Morgan fingerprint density at radius 2 is 1.25 bits per heavy atom. The summed E-state index contributed by atoms with van der Waals surface area (Å²) in [5, 5.41) is -6.81. The van der Waals surface area contributed by atoms with Gasteiger partial charge in [0, 0.05) is 0 Å². The van der Waals surface area contributed by atoms with Crippen molar-refractivity contribution in [3.63, 3.8) is 0 Å². The Kier molecular flexibility index (Phi) is 4.67. The van der Waals surface area contributed by atoms with Crippen LogP contribution in [0.2, 0.25) is 0 Å². The summed E-state index contributed by atoms with van der Waals surface area (Å²) in [6, 6.07) is 0. The van der Waals surface area contributed by atoms with Gasteiger partial charge in [-0.2, -0.15) is 43.5 Å². The summed E-state index contributed by atoms with van der Waals surface area (Å²) in [4.78, 5) is 0. The van der Waals surface area contributed by atoms with E-state index < -0.39 is 39.9 Å². The summed E-state index contributed by atoms with van der Waals surface area (Å²) in [5.41, 5.74) is 0. The second kappa shape index (κ2) is 4.87. The highest BCUT2D eigenvalue weighted by Crippen LogP contribution is 2.48. The van der Waals surface area contributed by atoms with E-state index in [2.05, 4.69) is 0 Å². The lowest BCUT2D eigenvalue weighted by Gasteiger charge is -2.32. The van der Waals surface area contributed by atoms with E-state index in [1.54, 1.807) is 4.74 Å². The van der Waals surface area contributed by atoms with Crippen LogP contribution in [0.1, 0.15) is 0 Å². The molecular formula is C5H2F10O4S. The first-order valence-corrected chi connectivity index (χ1v) is 5.31. The molecule has 0 aromatic carbocycles. The Morgan fingerprint density at radius 3 is 1.45 bits per heavy atom. The maximum Gasteiger partial charge on any atom is 0.460 e. The van der Waals surface area contributed by atoms with E-state index >= 15 is 0 Å². The molecule has 1 unspecified atom stereocenters. The number of hydrogen-bond acceptors (Lipinski definition) is 3. The molecule has 15 heteroatoms. The van der Waals surface area contributed by atoms with Gasteiger partial charge in [-0.05, 0) is 0 Å². The zero-order chi connectivity index (χ0) is 16.8. The number of rotatable bonds is 5. The summed E-state index contributed by atoms with van der Waals surface area (Å²) >= 11 is 0. The van der Waals surface area contributed by atoms with Crippen LogP contribution in [0, 0.1) is 0 Å². The predicted octanol–water partition coefficient (Wildman–Crippen LogP) is 2.57. The fraction of sp³-hybridized carbons (Fsp3) is 1.00. The van der Waals surface area contributed by atoms with E-state index in [0.717, 1.165) is 0 Å². The van der Waals surface area contributed by atoms with Gasteiger partial charge in [-0.1, -0.05) is 0 Å². The third-order valence-corrected chi connectivity index (χ3v) is 2.49. The summed E-state index contributed by atoms with van der Waals surface area (Å²) in [6.45, 7) is 0. The Morgan fingerprint density at radius 1 is 0.900 bits per heavy atom. The zero-order valence-corrected chi connectivity index (χ0v) is 9.25. The van der Waals surface area contributed by atoms with Gasteiger partial charge in [0.1, 0.15) is 0 Å². The van der Waals surface area contributed by atoms with Gasteiger partial charge in [-0.15, -0.1) is 0 Å². The number of hydrogen-bond donors (Lipinski definition) is 1. The molecule has 1 N–H and O–H groups in total. The minimum absolute atomic E-state index is 1.68. The van der Waals surface area contributed by atoms with E-state index in [4.69, 9.17) is 4.55 Å². The monoisotopic (exact) mass is 348 g/mol. The smallest absolute Gasteiger partial charge is 0.281 e. The fourth-order valence-corrected chi connectivity index (χ4v) is 0.964. The number of ether oxygens (including phenoxy) is 1. The molecule has 20 heavy (non-hydrogen) atoms. The molecular weight excluding hydrogens is 346 g/mol. The molecule has 0 heterocycles. The van der Waals surface area contributed by atoms with Gasteiger partial charge in [0.25, 0.3) is 0 Å². The van der Waals surface area contributed by atoms with Crippen LogP contribution in [0.15, 0.2) is 0 Å². The van der Waals surface area contributed by atoms with Crippen molar-refractivity contribution in [1.29, 1.82) is 0 Å². The summed E-state index contributed by atoms with van der Waals surface area (Å²) in [5.74, 6) is -6.59. The molecule has 0 aromatic rings. The van der Waals surface area contributed by atoms with Crippen molar-refractivity contribution in [1.82, 2.24) is 0 Å². The second-order valence-corrected chi connectivity index (χ2v) is 4.52. The lowest BCUT2D eigenvalue weighted by Crippen LogP contribution is -2.59. The first-order chi connectivity index (χ1) is 8.40. The van der Waals surface area contributed by atoms with Crippen molar-refractivity contribution < 1.29 is 61.6 Å². The van der Waals surface area contributed by atoms with Gasteiger partial charge < -0.3 is 0 Å². The summed E-state index contributed by atoms with van der Waals surface area (Å²) in [7, 11) is -7.09. The van der Waals surface area contributed by atoms with Crippen molar-refractivity contribution in [2.24, 2.45) is 0 Å². The van der Waals surface area contributed by atoms with Crippen LogP contribution < -0.4 is 0 Å². The topological polar surface area (TPSA) is 63.6 Å². The van der Waals surface area contributed by atoms with Gasteiger partial charge in [-0.3, -0.25) is 9.29 Å². The Labute approximate surface area is 103 Å². The van der Waals surface area contributed by atoms with E-state index in [1.807, 2.05) is 0 Å². The van der Waals surface area contributed by atoms with Gasteiger partial charge in [-0.25, -0.2) is 8.78 Å². The fourth-order valence-electron chi connectivity index (χ4n) is 0.622. The molecule has 0 fully saturated rings. The molecule has 0 aliphatic carbocycles. The Bertz CT molecular complexity index is 455. The molecule has 0 bridgehead atoms. The molecule has 4 nitrogen and oxygen atoms in total. The SMILES string of the molecule is O=S(=O)(O)C(F)(F)C(F)(F)OC(F)(C(F)F)C(F)(F)F. The van der Waals surface area contributed by atoms with Crippen molar-refractivity contribution in [3.8, 4) is 0 Å². The molecule has 0 rings (SSSR count). The maximum absolute atomic E-state index is 12.6.